The van der Waals surface area contributed by atoms with Crippen molar-refractivity contribution in [1.29, 1.82) is 0 Å². The van der Waals surface area contributed by atoms with Crippen LogP contribution in [0.1, 0.15) is 17.7 Å². The van der Waals surface area contributed by atoms with E-state index in [2.05, 4.69) is 15.3 Å². The second-order valence-corrected chi connectivity index (χ2v) is 6.99. The van der Waals surface area contributed by atoms with E-state index >= 15 is 0 Å². The predicted molar refractivity (Wildman–Crippen MR) is 105 cm³/mol. The number of imidazole rings is 1. The van der Waals surface area contributed by atoms with Gasteiger partial charge in [0.25, 0.3) is 0 Å². The Morgan fingerprint density at radius 3 is 2.75 bits per heavy atom. The Morgan fingerprint density at radius 1 is 1.25 bits per heavy atom. The number of carbonyl (C=O) groups excluding carboxylic acids is 1. The van der Waals surface area contributed by atoms with Crippen LogP contribution in [0.25, 0.3) is 11.5 Å². The summed E-state index contributed by atoms with van der Waals surface area (Å²) in [6, 6.07) is 5.70. The molecule has 1 N–H and O–H groups in total. The summed E-state index contributed by atoms with van der Waals surface area (Å²) in [6.45, 7) is 0.127. The largest absolute Gasteiger partial charge is 0.350 e. The van der Waals surface area contributed by atoms with Gasteiger partial charge in [0, 0.05) is 37.2 Å². The standard InChI is InChI=1S/C20H21FN6O/c1-26-10-17(22-12-26)19-24-16-5-3-4-15(16)20(25-19)27(2)11-18(28)23-14-8-6-13(21)7-9-14/h6-10,12H,3-5,11H2,1-2H3,(H,23,28). The van der Waals surface area contributed by atoms with Crippen LogP contribution in [0.15, 0.2) is 36.8 Å². The van der Waals surface area contributed by atoms with E-state index in [-0.39, 0.29) is 18.3 Å². The maximum absolute atomic E-state index is 13.0. The van der Waals surface area contributed by atoms with Gasteiger partial charge in [-0.2, -0.15) is 0 Å². The van der Waals surface area contributed by atoms with Gasteiger partial charge < -0.3 is 14.8 Å². The molecule has 28 heavy (non-hydrogen) atoms. The van der Waals surface area contributed by atoms with Gasteiger partial charge in [0.2, 0.25) is 5.91 Å². The SMILES string of the molecule is CN(CC(=O)Nc1ccc(F)cc1)c1nc(-c2cn(C)cn2)nc2c1CCC2. The van der Waals surface area contributed by atoms with E-state index in [0.717, 1.165) is 36.3 Å². The second kappa shape index (κ2) is 7.38. The third kappa shape index (κ3) is 3.71. The van der Waals surface area contributed by atoms with Crippen molar-refractivity contribution in [2.24, 2.45) is 7.05 Å². The molecule has 0 fully saturated rings. The Balaban J connectivity index is 1.56. The summed E-state index contributed by atoms with van der Waals surface area (Å²) in [6.07, 6.45) is 6.42. The first-order valence-electron chi connectivity index (χ1n) is 9.14. The molecule has 0 saturated carbocycles. The van der Waals surface area contributed by atoms with Gasteiger partial charge in [-0.25, -0.2) is 19.3 Å². The Kier molecular flexibility index (Phi) is 4.77. The van der Waals surface area contributed by atoms with Gasteiger partial charge in [-0.3, -0.25) is 4.79 Å². The highest BCUT2D eigenvalue weighted by Crippen LogP contribution is 2.30. The molecule has 8 heteroatoms. The number of anilines is 2. The number of halogens is 1. The lowest BCUT2D eigenvalue weighted by atomic mass is 10.2. The van der Waals surface area contributed by atoms with Gasteiger partial charge >= 0.3 is 0 Å². The average molecular weight is 380 g/mol. The molecule has 1 amide bonds. The van der Waals surface area contributed by atoms with E-state index in [0.29, 0.717) is 17.2 Å². The number of hydrogen-bond acceptors (Lipinski definition) is 5. The Morgan fingerprint density at radius 2 is 2.04 bits per heavy atom. The summed E-state index contributed by atoms with van der Waals surface area (Å²) < 4.78 is 14.9. The van der Waals surface area contributed by atoms with Crippen molar-refractivity contribution in [1.82, 2.24) is 19.5 Å². The van der Waals surface area contributed by atoms with Crippen molar-refractivity contribution in [3.63, 3.8) is 0 Å². The second-order valence-electron chi connectivity index (χ2n) is 6.99. The highest BCUT2D eigenvalue weighted by molar-refractivity contribution is 5.94. The van der Waals surface area contributed by atoms with E-state index in [1.165, 1.54) is 24.3 Å². The number of amides is 1. The average Bonchev–Trinajstić information content (AvgIpc) is 3.31. The number of benzene rings is 1. The minimum absolute atomic E-state index is 0.127. The Bertz CT molecular complexity index is 1010. The Hall–Kier alpha value is -3.29. The number of carbonyl (C=O) groups is 1. The summed E-state index contributed by atoms with van der Waals surface area (Å²) >= 11 is 0. The third-order valence-electron chi connectivity index (χ3n) is 4.72. The first-order chi connectivity index (χ1) is 13.5. The van der Waals surface area contributed by atoms with Gasteiger partial charge in [0.05, 0.1) is 12.9 Å². The highest BCUT2D eigenvalue weighted by Gasteiger charge is 2.23. The van der Waals surface area contributed by atoms with Crippen molar-refractivity contribution in [3.05, 3.63) is 53.9 Å². The predicted octanol–water partition coefficient (Wildman–Crippen LogP) is 2.58. The van der Waals surface area contributed by atoms with Crippen LogP contribution in [-0.2, 0) is 24.7 Å². The van der Waals surface area contributed by atoms with Crippen LogP contribution in [-0.4, -0.2) is 39.0 Å². The minimum atomic E-state index is -0.339. The first kappa shape index (κ1) is 18.1. The van der Waals surface area contributed by atoms with E-state index in [9.17, 15) is 9.18 Å². The van der Waals surface area contributed by atoms with Crippen molar-refractivity contribution >= 4 is 17.4 Å². The maximum atomic E-state index is 13.0. The lowest BCUT2D eigenvalue weighted by molar-refractivity contribution is -0.114. The maximum Gasteiger partial charge on any atom is 0.243 e. The molecule has 2 aromatic heterocycles. The number of nitrogens with zero attached hydrogens (tertiary/aromatic N) is 5. The lowest BCUT2D eigenvalue weighted by Gasteiger charge is -2.21. The minimum Gasteiger partial charge on any atom is -0.350 e. The summed E-state index contributed by atoms with van der Waals surface area (Å²) in [5.41, 5.74) is 3.39. The summed E-state index contributed by atoms with van der Waals surface area (Å²) in [5, 5.41) is 2.78. The molecule has 0 saturated heterocycles. The quantitative estimate of drug-likeness (QED) is 0.736. The van der Waals surface area contributed by atoms with Crippen LogP contribution >= 0.6 is 0 Å². The molecule has 0 atom stereocenters. The summed E-state index contributed by atoms with van der Waals surface area (Å²) in [5.74, 6) is 0.798. The van der Waals surface area contributed by atoms with Crippen LogP contribution in [0, 0.1) is 5.82 Å². The number of nitrogens with one attached hydrogen (secondary N) is 1. The topological polar surface area (TPSA) is 75.9 Å². The van der Waals surface area contributed by atoms with Gasteiger partial charge in [0.15, 0.2) is 5.82 Å². The lowest BCUT2D eigenvalue weighted by Crippen LogP contribution is -2.31. The van der Waals surface area contributed by atoms with Crippen LogP contribution < -0.4 is 10.2 Å². The molecule has 3 aromatic rings. The molecular weight excluding hydrogens is 359 g/mol. The molecular formula is C20H21FN6O. The van der Waals surface area contributed by atoms with Crippen LogP contribution in [0.3, 0.4) is 0 Å². The van der Waals surface area contributed by atoms with E-state index in [1.54, 1.807) is 6.33 Å². The zero-order chi connectivity index (χ0) is 19.7. The molecule has 4 rings (SSSR count). The number of likely N-dealkylation sites (N-methyl/N-ethyl adjacent to an activating group) is 1. The highest BCUT2D eigenvalue weighted by atomic mass is 19.1. The van der Waals surface area contributed by atoms with Gasteiger partial charge in [-0.05, 0) is 43.5 Å². The molecule has 0 aliphatic heterocycles. The number of fused-ring (bicyclic) bond motifs is 1. The van der Waals surface area contributed by atoms with E-state index in [1.807, 2.05) is 29.8 Å². The monoisotopic (exact) mass is 380 g/mol. The molecule has 0 spiro atoms. The molecule has 0 radical (unpaired) electrons. The van der Waals surface area contributed by atoms with E-state index < -0.39 is 0 Å². The molecule has 0 unspecified atom stereocenters. The number of aromatic nitrogens is 4. The van der Waals surface area contributed by atoms with Crippen molar-refractivity contribution in [2.45, 2.75) is 19.3 Å². The number of rotatable bonds is 5. The molecule has 7 nitrogen and oxygen atoms in total. The zero-order valence-electron chi connectivity index (χ0n) is 15.8. The molecule has 144 valence electrons. The number of hydrogen-bond donors (Lipinski definition) is 1. The van der Waals surface area contributed by atoms with Crippen LogP contribution in [0.2, 0.25) is 0 Å². The molecule has 1 aliphatic carbocycles. The fourth-order valence-corrected chi connectivity index (χ4v) is 3.40. The van der Waals surface area contributed by atoms with Gasteiger partial charge in [-0.1, -0.05) is 0 Å². The molecule has 2 heterocycles. The van der Waals surface area contributed by atoms with Crippen LogP contribution in [0.4, 0.5) is 15.9 Å². The first-order valence-corrected chi connectivity index (χ1v) is 9.14. The molecule has 0 bridgehead atoms. The number of aryl methyl sites for hydroxylation is 2. The molecule has 1 aromatic carbocycles. The molecule has 1 aliphatic rings. The van der Waals surface area contributed by atoms with Crippen LogP contribution in [0.5, 0.6) is 0 Å². The fourth-order valence-electron chi connectivity index (χ4n) is 3.40. The fraction of sp³-hybridized carbons (Fsp3) is 0.300. The summed E-state index contributed by atoms with van der Waals surface area (Å²) in [7, 11) is 3.74. The van der Waals surface area contributed by atoms with E-state index in [4.69, 9.17) is 4.98 Å². The smallest absolute Gasteiger partial charge is 0.243 e. The zero-order valence-corrected chi connectivity index (χ0v) is 15.8. The van der Waals surface area contributed by atoms with Crippen molar-refractivity contribution in [2.75, 3.05) is 23.8 Å². The van der Waals surface area contributed by atoms with Crippen molar-refractivity contribution < 1.29 is 9.18 Å². The van der Waals surface area contributed by atoms with Gasteiger partial charge in [0.1, 0.15) is 17.3 Å². The van der Waals surface area contributed by atoms with Gasteiger partial charge in [-0.15, -0.1) is 0 Å². The van der Waals surface area contributed by atoms with Crippen molar-refractivity contribution in [3.8, 4) is 11.5 Å². The normalized spacial score (nSPS) is 12.7. The Labute approximate surface area is 162 Å². The third-order valence-corrected chi connectivity index (χ3v) is 4.72. The summed E-state index contributed by atoms with van der Waals surface area (Å²) in [4.78, 5) is 28.0.